The molecule has 0 spiro atoms. The summed E-state index contributed by atoms with van der Waals surface area (Å²) < 4.78 is 17.9. The number of ether oxygens (including phenoxy) is 1. The van der Waals surface area contributed by atoms with Crippen LogP contribution < -0.4 is 4.74 Å². The van der Waals surface area contributed by atoms with Gasteiger partial charge in [0.1, 0.15) is 18.2 Å². The molecule has 1 aromatic rings. The maximum absolute atomic E-state index is 12.6. The summed E-state index contributed by atoms with van der Waals surface area (Å²) in [5, 5.41) is 0. The largest absolute Gasteiger partial charge is 0.486 e. The van der Waals surface area contributed by atoms with Crippen LogP contribution in [0, 0.1) is 5.82 Å². The van der Waals surface area contributed by atoms with E-state index in [4.69, 9.17) is 4.74 Å². The van der Waals surface area contributed by atoms with E-state index in [1.807, 2.05) is 0 Å². The van der Waals surface area contributed by atoms with Crippen molar-refractivity contribution in [3.05, 3.63) is 28.5 Å². The van der Waals surface area contributed by atoms with Gasteiger partial charge >= 0.3 is 0 Å². The highest BCUT2D eigenvalue weighted by Gasteiger charge is 1.99. The van der Waals surface area contributed by atoms with Gasteiger partial charge in [-0.05, 0) is 34.1 Å². The first-order chi connectivity index (χ1) is 5.74. The van der Waals surface area contributed by atoms with Crippen LogP contribution in [0.5, 0.6) is 5.75 Å². The molecule has 64 valence electrons. The van der Waals surface area contributed by atoms with Gasteiger partial charge in [-0.1, -0.05) is 0 Å². The summed E-state index contributed by atoms with van der Waals surface area (Å²) in [5.74, 6) is 0.115. The first-order valence-corrected chi connectivity index (χ1v) is 4.05. The zero-order valence-electron chi connectivity index (χ0n) is 6.09. The molecule has 0 radical (unpaired) electrons. The molecule has 0 heterocycles. The third-order valence-electron chi connectivity index (χ3n) is 1.21. The molecule has 0 aliphatic rings. The molecule has 0 saturated carbocycles. The predicted molar refractivity (Wildman–Crippen MR) is 45.7 cm³/mol. The predicted octanol–water partition coefficient (Wildman–Crippen LogP) is 2.17. The van der Waals surface area contributed by atoms with Crippen LogP contribution in [0.15, 0.2) is 22.7 Å². The third-order valence-corrected chi connectivity index (χ3v) is 1.82. The molecule has 4 heteroatoms. The van der Waals surface area contributed by atoms with E-state index in [9.17, 15) is 9.18 Å². The normalized spacial score (nSPS) is 9.50. The van der Waals surface area contributed by atoms with Gasteiger partial charge in [0.2, 0.25) is 0 Å². The summed E-state index contributed by atoms with van der Waals surface area (Å²) >= 11 is 2.99. The monoisotopic (exact) mass is 232 g/mol. The Kier molecular flexibility index (Phi) is 3.22. The van der Waals surface area contributed by atoms with Crippen LogP contribution in [0.2, 0.25) is 0 Å². The van der Waals surface area contributed by atoms with E-state index in [-0.39, 0.29) is 12.4 Å². The topological polar surface area (TPSA) is 26.3 Å². The van der Waals surface area contributed by atoms with Crippen molar-refractivity contribution in [3.8, 4) is 5.75 Å². The van der Waals surface area contributed by atoms with E-state index in [1.165, 1.54) is 18.2 Å². The van der Waals surface area contributed by atoms with Crippen LogP contribution in [-0.2, 0) is 4.79 Å². The number of aldehydes is 1. The highest BCUT2D eigenvalue weighted by atomic mass is 79.9. The van der Waals surface area contributed by atoms with E-state index in [0.717, 1.165) is 0 Å². The first kappa shape index (κ1) is 9.19. The Balaban J connectivity index is 2.75. The van der Waals surface area contributed by atoms with Crippen LogP contribution in [0.4, 0.5) is 4.39 Å². The fraction of sp³-hybridized carbons (Fsp3) is 0.125. The molecule has 0 saturated heterocycles. The van der Waals surface area contributed by atoms with Gasteiger partial charge in [0.15, 0.2) is 6.29 Å². The summed E-state index contributed by atoms with van der Waals surface area (Å²) in [6.45, 7) is -0.0158. The maximum atomic E-state index is 12.6. The highest BCUT2D eigenvalue weighted by molar-refractivity contribution is 9.10. The smallest absolute Gasteiger partial charge is 0.157 e. The zero-order valence-corrected chi connectivity index (χ0v) is 7.67. The maximum Gasteiger partial charge on any atom is 0.157 e. The lowest BCUT2D eigenvalue weighted by Crippen LogP contribution is -1.97. The van der Waals surface area contributed by atoms with E-state index in [1.54, 1.807) is 0 Å². The number of benzene rings is 1. The second-order valence-electron chi connectivity index (χ2n) is 2.05. The van der Waals surface area contributed by atoms with Crippen molar-refractivity contribution in [1.82, 2.24) is 0 Å². The van der Waals surface area contributed by atoms with Gasteiger partial charge in [-0.2, -0.15) is 0 Å². The van der Waals surface area contributed by atoms with Crippen molar-refractivity contribution in [1.29, 1.82) is 0 Å². The van der Waals surface area contributed by atoms with Crippen molar-refractivity contribution in [2.24, 2.45) is 0 Å². The van der Waals surface area contributed by atoms with Gasteiger partial charge in [0.25, 0.3) is 0 Å². The second-order valence-corrected chi connectivity index (χ2v) is 2.91. The fourth-order valence-electron chi connectivity index (χ4n) is 0.697. The minimum absolute atomic E-state index is 0.0158. The van der Waals surface area contributed by atoms with E-state index < -0.39 is 0 Å². The van der Waals surface area contributed by atoms with Crippen molar-refractivity contribution in [2.45, 2.75) is 0 Å². The average molecular weight is 233 g/mol. The molecule has 2 nitrogen and oxygen atoms in total. The number of carbonyl (C=O) groups is 1. The van der Waals surface area contributed by atoms with Gasteiger partial charge in [0, 0.05) is 0 Å². The quantitative estimate of drug-likeness (QED) is 0.747. The van der Waals surface area contributed by atoms with Crippen molar-refractivity contribution < 1.29 is 13.9 Å². The molecular weight excluding hydrogens is 227 g/mol. The molecule has 12 heavy (non-hydrogen) atoms. The SMILES string of the molecule is O=CCOc1ccc(F)c(Br)c1. The Morgan fingerprint density at radius 1 is 1.58 bits per heavy atom. The fourth-order valence-corrected chi connectivity index (χ4v) is 1.05. The molecular formula is C8H6BrFO2. The minimum atomic E-state index is -0.353. The first-order valence-electron chi connectivity index (χ1n) is 3.25. The molecule has 0 amide bonds. The Bertz CT molecular complexity index is 288. The molecule has 1 aromatic carbocycles. The number of carbonyl (C=O) groups excluding carboxylic acids is 1. The van der Waals surface area contributed by atoms with Crippen molar-refractivity contribution in [2.75, 3.05) is 6.61 Å². The van der Waals surface area contributed by atoms with E-state index in [0.29, 0.717) is 16.5 Å². The van der Waals surface area contributed by atoms with Gasteiger partial charge in [-0.15, -0.1) is 0 Å². The van der Waals surface area contributed by atoms with E-state index in [2.05, 4.69) is 15.9 Å². The molecule has 0 aliphatic carbocycles. The number of rotatable bonds is 3. The summed E-state index contributed by atoms with van der Waals surface area (Å²) in [7, 11) is 0. The zero-order chi connectivity index (χ0) is 8.97. The van der Waals surface area contributed by atoms with Crippen molar-refractivity contribution >= 4 is 22.2 Å². The van der Waals surface area contributed by atoms with Crippen LogP contribution in [-0.4, -0.2) is 12.9 Å². The molecule has 0 aromatic heterocycles. The molecule has 0 aliphatic heterocycles. The lowest BCUT2D eigenvalue weighted by molar-refractivity contribution is -0.109. The summed E-state index contributed by atoms with van der Waals surface area (Å²) in [6, 6.07) is 4.20. The number of halogens is 2. The summed E-state index contributed by atoms with van der Waals surface area (Å²) in [6.07, 6.45) is 0.636. The average Bonchev–Trinajstić information content (AvgIpc) is 2.07. The van der Waals surface area contributed by atoms with Crippen LogP contribution in [0.1, 0.15) is 0 Å². The minimum Gasteiger partial charge on any atom is -0.486 e. The van der Waals surface area contributed by atoms with Gasteiger partial charge in [-0.3, -0.25) is 4.79 Å². The molecule has 1 rings (SSSR count). The Morgan fingerprint density at radius 2 is 2.33 bits per heavy atom. The molecule has 0 fully saturated rings. The van der Waals surface area contributed by atoms with E-state index >= 15 is 0 Å². The molecule has 0 N–H and O–H groups in total. The van der Waals surface area contributed by atoms with Crippen LogP contribution in [0.25, 0.3) is 0 Å². The number of hydrogen-bond donors (Lipinski definition) is 0. The molecule has 0 atom stereocenters. The summed E-state index contributed by atoms with van der Waals surface area (Å²) in [5.41, 5.74) is 0. The summed E-state index contributed by atoms with van der Waals surface area (Å²) in [4.78, 5) is 9.92. The lowest BCUT2D eigenvalue weighted by atomic mass is 10.3. The molecule has 0 bridgehead atoms. The number of hydrogen-bond acceptors (Lipinski definition) is 2. The van der Waals surface area contributed by atoms with Gasteiger partial charge in [0.05, 0.1) is 4.47 Å². The van der Waals surface area contributed by atoms with Gasteiger partial charge < -0.3 is 4.74 Å². The van der Waals surface area contributed by atoms with Crippen LogP contribution in [0.3, 0.4) is 0 Å². The highest BCUT2D eigenvalue weighted by Crippen LogP contribution is 2.21. The third kappa shape index (κ3) is 2.30. The standard InChI is InChI=1S/C8H6BrFO2/c9-7-5-6(12-4-3-11)1-2-8(7)10/h1-3,5H,4H2. The Hall–Kier alpha value is -0.900. The Morgan fingerprint density at radius 3 is 2.92 bits per heavy atom. The second kappa shape index (κ2) is 4.21. The lowest BCUT2D eigenvalue weighted by Gasteiger charge is -2.01. The van der Waals surface area contributed by atoms with Crippen LogP contribution >= 0.6 is 15.9 Å². The van der Waals surface area contributed by atoms with Crippen molar-refractivity contribution in [3.63, 3.8) is 0 Å². The van der Waals surface area contributed by atoms with Gasteiger partial charge in [-0.25, -0.2) is 4.39 Å². The molecule has 0 unspecified atom stereocenters. The Labute approximate surface area is 77.5 Å².